The SMILES string of the molecule is Cc1ccc([C@@H]2CCON2C(=O)C2CCN(c3ccnc(N4CCC(C)(C)C4=O)n3)CC2)cn1. The smallest absolute Gasteiger partial charge is 0.249 e. The Morgan fingerprint density at radius 2 is 1.88 bits per heavy atom. The van der Waals surface area contributed by atoms with E-state index in [-0.39, 0.29) is 29.2 Å². The molecule has 2 aromatic heterocycles. The number of aromatic nitrogens is 3. The average molecular weight is 465 g/mol. The minimum absolute atomic E-state index is 0.0518. The van der Waals surface area contributed by atoms with Gasteiger partial charge in [0.15, 0.2) is 0 Å². The Kier molecular flexibility index (Phi) is 5.97. The molecule has 0 bridgehead atoms. The second-order valence-electron chi connectivity index (χ2n) is 10.1. The summed E-state index contributed by atoms with van der Waals surface area (Å²) in [6.45, 7) is 8.50. The molecule has 1 atom stereocenters. The number of rotatable bonds is 4. The van der Waals surface area contributed by atoms with Crippen molar-refractivity contribution in [2.45, 2.75) is 52.5 Å². The van der Waals surface area contributed by atoms with Crippen LogP contribution in [0, 0.1) is 18.3 Å². The standard InChI is InChI=1S/C25H32N6O3/c1-17-4-5-19(16-27-17)20-9-15-34-31(20)22(32)18-7-12-29(13-8-18)21-6-11-26-24(28-21)30-14-10-25(2,3)23(30)33/h4-6,11,16,18,20H,7-10,12-15H2,1-3H3/t20-/m0/s1. The van der Waals surface area contributed by atoms with Crippen LogP contribution in [0.15, 0.2) is 30.6 Å². The molecule has 9 nitrogen and oxygen atoms in total. The van der Waals surface area contributed by atoms with Gasteiger partial charge in [-0.05, 0) is 43.9 Å². The van der Waals surface area contributed by atoms with Crippen molar-refractivity contribution in [1.82, 2.24) is 20.0 Å². The van der Waals surface area contributed by atoms with E-state index in [1.807, 2.05) is 45.2 Å². The van der Waals surface area contributed by atoms with Gasteiger partial charge in [0.25, 0.3) is 0 Å². The fourth-order valence-electron chi connectivity index (χ4n) is 5.00. The number of hydrogen-bond donors (Lipinski definition) is 0. The van der Waals surface area contributed by atoms with Crippen LogP contribution >= 0.6 is 0 Å². The molecule has 9 heteroatoms. The fraction of sp³-hybridized carbons (Fsp3) is 0.560. The third kappa shape index (κ3) is 4.24. The summed E-state index contributed by atoms with van der Waals surface area (Å²) in [4.78, 5) is 49.0. The van der Waals surface area contributed by atoms with Gasteiger partial charge < -0.3 is 4.90 Å². The predicted octanol–water partition coefficient (Wildman–Crippen LogP) is 3.06. The number of aryl methyl sites for hydroxylation is 1. The molecule has 34 heavy (non-hydrogen) atoms. The summed E-state index contributed by atoms with van der Waals surface area (Å²) in [6.07, 6.45) is 6.59. The minimum atomic E-state index is -0.373. The number of piperidine rings is 1. The van der Waals surface area contributed by atoms with Gasteiger partial charge in [0.05, 0.1) is 12.6 Å². The fourth-order valence-corrected chi connectivity index (χ4v) is 5.00. The van der Waals surface area contributed by atoms with Crippen molar-refractivity contribution in [3.8, 4) is 0 Å². The Hall–Kier alpha value is -3.07. The highest BCUT2D eigenvalue weighted by Gasteiger charge is 2.41. The molecule has 0 radical (unpaired) electrons. The van der Waals surface area contributed by atoms with Crippen LogP contribution in [0.25, 0.3) is 0 Å². The van der Waals surface area contributed by atoms with Gasteiger partial charge >= 0.3 is 0 Å². The summed E-state index contributed by atoms with van der Waals surface area (Å²) in [5.74, 6) is 1.30. The van der Waals surface area contributed by atoms with Gasteiger partial charge in [-0.1, -0.05) is 19.9 Å². The van der Waals surface area contributed by atoms with E-state index in [9.17, 15) is 9.59 Å². The van der Waals surface area contributed by atoms with Crippen LogP contribution in [-0.4, -0.2) is 58.1 Å². The summed E-state index contributed by atoms with van der Waals surface area (Å²) >= 11 is 0. The molecule has 3 aliphatic heterocycles. The summed E-state index contributed by atoms with van der Waals surface area (Å²) in [6, 6.07) is 5.80. The maximum absolute atomic E-state index is 13.3. The lowest BCUT2D eigenvalue weighted by Gasteiger charge is -2.34. The zero-order valence-corrected chi connectivity index (χ0v) is 20.1. The summed E-state index contributed by atoms with van der Waals surface area (Å²) in [7, 11) is 0. The number of carbonyl (C=O) groups is 2. The van der Waals surface area contributed by atoms with Crippen molar-refractivity contribution in [3.63, 3.8) is 0 Å². The number of nitrogens with zero attached hydrogens (tertiary/aromatic N) is 6. The van der Waals surface area contributed by atoms with Crippen LogP contribution in [0.2, 0.25) is 0 Å². The first-order valence-corrected chi connectivity index (χ1v) is 12.1. The zero-order chi connectivity index (χ0) is 23.9. The van der Waals surface area contributed by atoms with Gasteiger partial charge in [0.2, 0.25) is 17.8 Å². The minimum Gasteiger partial charge on any atom is -0.356 e. The van der Waals surface area contributed by atoms with E-state index in [4.69, 9.17) is 9.82 Å². The van der Waals surface area contributed by atoms with Crippen molar-refractivity contribution < 1.29 is 14.4 Å². The van der Waals surface area contributed by atoms with E-state index >= 15 is 0 Å². The van der Waals surface area contributed by atoms with Crippen LogP contribution in [0.1, 0.15) is 56.8 Å². The highest BCUT2D eigenvalue weighted by atomic mass is 16.7. The van der Waals surface area contributed by atoms with Crippen LogP contribution in [0.4, 0.5) is 11.8 Å². The van der Waals surface area contributed by atoms with Crippen LogP contribution < -0.4 is 9.80 Å². The second kappa shape index (κ2) is 8.94. The largest absolute Gasteiger partial charge is 0.356 e. The summed E-state index contributed by atoms with van der Waals surface area (Å²) < 4.78 is 0. The first-order chi connectivity index (χ1) is 16.3. The van der Waals surface area contributed by atoms with E-state index in [1.54, 1.807) is 16.2 Å². The van der Waals surface area contributed by atoms with Crippen molar-refractivity contribution in [2.75, 3.05) is 36.0 Å². The van der Waals surface area contributed by atoms with E-state index < -0.39 is 0 Å². The lowest BCUT2D eigenvalue weighted by Crippen LogP contribution is -2.42. The molecule has 0 aromatic carbocycles. The van der Waals surface area contributed by atoms with Gasteiger partial charge in [0.1, 0.15) is 5.82 Å². The summed E-state index contributed by atoms with van der Waals surface area (Å²) in [5, 5.41) is 1.58. The molecule has 180 valence electrons. The van der Waals surface area contributed by atoms with Crippen molar-refractivity contribution in [1.29, 1.82) is 0 Å². The van der Waals surface area contributed by atoms with Crippen LogP contribution in [0.3, 0.4) is 0 Å². The molecule has 5 rings (SSSR count). The quantitative estimate of drug-likeness (QED) is 0.687. The zero-order valence-electron chi connectivity index (χ0n) is 20.1. The number of hydrogen-bond acceptors (Lipinski definition) is 7. The van der Waals surface area contributed by atoms with Gasteiger partial charge in [-0.2, -0.15) is 4.98 Å². The van der Waals surface area contributed by atoms with Gasteiger partial charge in [-0.15, -0.1) is 0 Å². The highest BCUT2D eigenvalue weighted by molar-refractivity contribution is 5.98. The van der Waals surface area contributed by atoms with Gasteiger partial charge in [-0.25, -0.2) is 10.0 Å². The van der Waals surface area contributed by atoms with Crippen LogP contribution in [-0.2, 0) is 14.4 Å². The molecule has 2 amide bonds. The Morgan fingerprint density at radius 1 is 1.09 bits per heavy atom. The molecule has 5 heterocycles. The molecule has 3 fully saturated rings. The van der Waals surface area contributed by atoms with Gasteiger partial charge in [-0.3, -0.25) is 24.3 Å². The van der Waals surface area contributed by atoms with E-state index in [2.05, 4.69) is 14.9 Å². The molecule has 3 saturated heterocycles. The monoisotopic (exact) mass is 464 g/mol. The molecule has 0 saturated carbocycles. The first kappa shape index (κ1) is 22.7. The molecule has 3 aliphatic rings. The molecule has 0 unspecified atom stereocenters. The number of pyridine rings is 1. The van der Waals surface area contributed by atoms with E-state index in [0.29, 0.717) is 19.1 Å². The third-order valence-electron chi connectivity index (χ3n) is 7.26. The van der Waals surface area contributed by atoms with Gasteiger partial charge in [0, 0.05) is 55.5 Å². The molecule has 0 N–H and O–H groups in total. The maximum atomic E-state index is 13.3. The molecular formula is C25H32N6O3. The molecular weight excluding hydrogens is 432 g/mol. The Morgan fingerprint density at radius 3 is 2.56 bits per heavy atom. The topological polar surface area (TPSA) is 91.8 Å². The van der Waals surface area contributed by atoms with Crippen molar-refractivity contribution in [3.05, 3.63) is 41.9 Å². The Labute approximate surface area is 200 Å². The number of hydroxylamine groups is 2. The molecule has 0 spiro atoms. The number of carbonyl (C=O) groups excluding carboxylic acids is 2. The highest BCUT2D eigenvalue weighted by Crippen LogP contribution is 2.35. The predicted molar refractivity (Wildman–Crippen MR) is 127 cm³/mol. The molecule has 0 aliphatic carbocycles. The van der Waals surface area contributed by atoms with Crippen molar-refractivity contribution in [2.24, 2.45) is 11.3 Å². The Bertz CT molecular complexity index is 1060. The van der Waals surface area contributed by atoms with Crippen molar-refractivity contribution >= 4 is 23.6 Å². The second-order valence-corrected chi connectivity index (χ2v) is 10.1. The van der Waals surface area contributed by atoms with E-state index in [0.717, 1.165) is 55.8 Å². The Balaban J connectivity index is 1.22. The van der Waals surface area contributed by atoms with Crippen LogP contribution in [0.5, 0.6) is 0 Å². The lowest BCUT2D eigenvalue weighted by molar-refractivity contribution is -0.182. The average Bonchev–Trinajstić information content (AvgIpc) is 3.44. The third-order valence-corrected chi connectivity index (χ3v) is 7.26. The number of anilines is 2. The maximum Gasteiger partial charge on any atom is 0.249 e. The molecule has 2 aromatic rings. The normalized spacial score (nSPS) is 23.1. The first-order valence-electron chi connectivity index (χ1n) is 12.1. The summed E-state index contributed by atoms with van der Waals surface area (Å²) in [5.41, 5.74) is 1.60. The lowest BCUT2D eigenvalue weighted by atomic mass is 9.92. The van der Waals surface area contributed by atoms with E-state index in [1.165, 1.54) is 0 Å². The number of amides is 2.